The maximum Gasteiger partial charge on any atom is 0.416 e. The lowest BCUT2D eigenvalue weighted by Crippen LogP contribution is -2.35. The monoisotopic (exact) mass is 288 g/mol. The molecule has 1 fully saturated rings. The first kappa shape index (κ1) is 13.2. The van der Waals surface area contributed by atoms with Crippen molar-refractivity contribution in [1.82, 2.24) is 9.88 Å². The maximum absolute atomic E-state index is 11.9. The van der Waals surface area contributed by atoms with Crippen molar-refractivity contribution in [2.45, 2.75) is 0 Å². The SMILES string of the molecule is O=C(OCC(=O)N1CCOC1=O)c1cc2ccccc2[nH]1. The van der Waals surface area contributed by atoms with Gasteiger partial charge in [-0.2, -0.15) is 0 Å². The maximum atomic E-state index is 11.9. The average molecular weight is 288 g/mol. The van der Waals surface area contributed by atoms with Gasteiger partial charge in [-0.05, 0) is 12.1 Å². The number of benzene rings is 1. The second-order valence-corrected chi connectivity index (χ2v) is 4.51. The van der Waals surface area contributed by atoms with Crippen LogP contribution < -0.4 is 0 Å². The average Bonchev–Trinajstić information content (AvgIpc) is 3.10. The molecule has 1 aliphatic heterocycles. The number of aromatic amines is 1. The molecule has 1 N–H and O–H groups in total. The lowest BCUT2D eigenvalue weighted by atomic mass is 10.2. The van der Waals surface area contributed by atoms with E-state index < -0.39 is 24.6 Å². The van der Waals surface area contributed by atoms with Gasteiger partial charge in [0.15, 0.2) is 6.61 Å². The van der Waals surface area contributed by atoms with E-state index in [-0.39, 0.29) is 18.8 Å². The van der Waals surface area contributed by atoms with Crippen molar-refractivity contribution < 1.29 is 23.9 Å². The lowest BCUT2D eigenvalue weighted by Gasteiger charge is -2.10. The minimum atomic E-state index is -0.707. The number of hydrogen-bond acceptors (Lipinski definition) is 5. The molecule has 0 saturated carbocycles. The molecular formula is C14H12N2O5. The molecule has 0 atom stereocenters. The summed E-state index contributed by atoms with van der Waals surface area (Å²) in [5, 5.41) is 0.874. The third kappa shape index (κ3) is 2.58. The topological polar surface area (TPSA) is 88.7 Å². The van der Waals surface area contributed by atoms with Crippen LogP contribution in [0.5, 0.6) is 0 Å². The molecule has 2 amide bonds. The van der Waals surface area contributed by atoms with Gasteiger partial charge in [0, 0.05) is 10.9 Å². The number of cyclic esters (lactones) is 1. The number of fused-ring (bicyclic) bond motifs is 1. The fraction of sp³-hybridized carbons (Fsp3) is 0.214. The second-order valence-electron chi connectivity index (χ2n) is 4.51. The first-order valence-electron chi connectivity index (χ1n) is 6.37. The number of esters is 1. The van der Waals surface area contributed by atoms with Crippen LogP contribution in [0.3, 0.4) is 0 Å². The Hall–Kier alpha value is -2.83. The van der Waals surface area contributed by atoms with Gasteiger partial charge in [0.25, 0.3) is 5.91 Å². The lowest BCUT2D eigenvalue weighted by molar-refractivity contribution is -0.131. The van der Waals surface area contributed by atoms with Crippen LogP contribution in [0, 0.1) is 0 Å². The van der Waals surface area contributed by atoms with E-state index >= 15 is 0 Å². The number of carbonyl (C=O) groups excluding carboxylic acids is 3. The Kier molecular flexibility index (Phi) is 3.31. The second kappa shape index (κ2) is 5.28. The van der Waals surface area contributed by atoms with E-state index in [2.05, 4.69) is 9.72 Å². The summed E-state index contributed by atoms with van der Waals surface area (Å²) in [5.74, 6) is -1.24. The molecule has 1 saturated heterocycles. The van der Waals surface area contributed by atoms with Crippen molar-refractivity contribution in [3.63, 3.8) is 0 Å². The highest BCUT2D eigenvalue weighted by molar-refractivity contribution is 5.97. The van der Waals surface area contributed by atoms with E-state index in [4.69, 9.17) is 4.74 Å². The van der Waals surface area contributed by atoms with Crippen molar-refractivity contribution in [2.24, 2.45) is 0 Å². The van der Waals surface area contributed by atoms with Crippen molar-refractivity contribution >= 4 is 28.9 Å². The number of hydrogen-bond donors (Lipinski definition) is 1. The Bertz CT molecular complexity index is 688. The smallest absolute Gasteiger partial charge is 0.416 e. The molecule has 21 heavy (non-hydrogen) atoms. The van der Waals surface area contributed by atoms with E-state index in [1.807, 2.05) is 24.3 Å². The molecule has 0 radical (unpaired) electrons. The predicted molar refractivity (Wildman–Crippen MR) is 71.6 cm³/mol. The Balaban J connectivity index is 1.63. The number of H-pyrrole nitrogens is 1. The quantitative estimate of drug-likeness (QED) is 0.860. The minimum absolute atomic E-state index is 0.167. The fourth-order valence-electron chi connectivity index (χ4n) is 2.09. The number of nitrogens with one attached hydrogen (secondary N) is 1. The van der Waals surface area contributed by atoms with Crippen LogP contribution in [0.2, 0.25) is 0 Å². The van der Waals surface area contributed by atoms with E-state index in [1.165, 1.54) is 0 Å². The molecule has 7 heteroatoms. The summed E-state index contributed by atoms with van der Waals surface area (Å²) >= 11 is 0. The van der Waals surface area contributed by atoms with Crippen molar-refractivity contribution in [1.29, 1.82) is 0 Å². The van der Waals surface area contributed by atoms with Crippen LogP contribution in [0.1, 0.15) is 10.5 Å². The normalized spacial score (nSPS) is 14.3. The summed E-state index contributed by atoms with van der Waals surface area (Å²) in [4.78, 5) is 38.6. The van der Waals surface area contributed by atoms with E-state index in [0.717, 1.165) is 15.8 Å². The largest absolute Gasteiger partial charge is 0.451 e. The van der Waals surface area contributed by atoms with E-state index in [0.29, 0.717) is 0 Å². The van der Waals surface area contributed by atoms with Gasteiger partial charge in [0.05, 0.1) is 6.54 Å². The number of ether oxygens (including phenoxy) is 2. The summed E-state index contributed by atoms with van der Waals surface area (Å²) in [5.41, 5.74) is 1.06. The van der Waals surface area contributed by atoms with Gasteiger partial charge in [-0.3, -0.25) is 4.79 Å². The molecule has 7 nitrogen and oxygen atoms in total. The molecule has 2 heterocycles. The van der Waals surface area contributed by atoms with Gasteiger partial charge in [-0.25, -0.2) is 14.5 Å². The summed E-state index contributed by atoms with van der Waals surface area (Å²) in [6, 6.07) is 9.03. The molecule has 108 valence electrons. The Morgan fingerprint density at radius 1 is 1.33 bits per heavy atom. The Morgan fingerprint density at radius 3 is 2.86 bits per heavy atom. The standard InChI is InChI=1S/C14H12N2O5/c17-12(16-5-6-20-14(16)19)8-21-13(18)11-7-9-3-1-2-4-10(9)15-11/h1-4,7,15H,5-6,8H2. The van der Waals surface area contributed by atoms with Gasteiger partial charge in [0.1, 0.15) is 12.3 Å². The highest BCUT2D eigenvalue weighted by atomic mass is 16.6. The molecule has 0 aliphatic carbocycles. The fourth-order valence-corrected chi connectivity index (χ4v) is 2.09. The number of imide groups is 1. The number of nitrogens with zero attached hydrogens (tertiary/aromatic N) is 1. The first-order chi connectivity index (χ1) is 10.1. The first-order valence-corrected chi connectivity index (χ1v) is 6.37. The van der Waals surface area contributed by atoms with E-state index in [1.54, 1.807) is 6.07 Å². The third-order valence-electron chi connectivity index (χ3n) is 3.14. The van der Waals surface area contributed by atoms with Gasteiger partial charge in [-0.1, -0.05) is 18.2 Å². The van der Waals surface area contributed by atoms with Crippen LogP contribution in [0.4, 0.5) is 4.79 Å². The van der Waals surface area contributed by atoms with Crippen LogP contribution in [-0.4, -0.2) is 47.6 Å². The highest BCUT2D eigenvalue weighted by Gasteiger charge is 2.29. The Labute approximate surface area is 119 Å². The summed E-state index contributed by atoms with van der Waals surface area (Å²) < 4.78 is 9.55. The van der Waals surface area contributed by atoms with Gasteiger partial charge >= 0.3 is 12.1 Å². The zero-order chi connectivity index (χ0) is 14.8. The molecule has 1 aromatic heterocycles. The molecule has 1 aromatic carbocycles. The van der Waals surface area contributed by atoms with Crippen LogP contribution >= 0.6 is 0 Å². The number of aromatic nitrogens is 1. The van der Waals surface area contributed by atoms with Gasteiger partial charge < -0.3 is 14.5 Å². The molecule has 2 aromatic rings. The zero-order valence-electron chi connectivity index (χ0n) is 11.0. The molecule has 0 unspecified atom stereocenters. The van der Waals surface area contributed by atoms with Crippen molar-refractivity contribution in [3.8, 4) is 0 Å². The summed E-state index contributed by atoms with van der Waals surface area (Å²) in [6.07, 6.45) is -0.707. The minimum Gasteiger partial charge on any atom is -0.451 e. The Morgan fingerprint density at radius 2 is 2.14 bits per heavy atom. The summed E-state index contributed by atoms with van der Waals surface area (Å²) in [7, 11) is 0. The number of rotatable bonds is 3. The number of amides is 2. The highest BCUT2D eigenvalue weighted by Crippen LogP contribution is 2.15. The van der Waals surface area contributed by atoms with Gasteiger partial charge in [-0.15, -0.1) is 0 Å². The number of para-hydroxylation sites is 1. The molecule has 3 rings (SSSR count). The van der Waals surface area contributed by atoms with Crippen LogP contribution in [-0.2, 0) is 14.3 Å². The van der Waals surface area contributed by atoms with Crippen molar-refractivity contribution in [2.75, 3.05) is 19.8 Å². The molecule has 0 bridgehead atoms. The van der Waals surface area contributed by atoms with Crippen LogP contribution in [0.25, 0.3) is 10.9 Å². The third-order valence-corrected chi connectivity index (χ3v) is 3.14. The number of carbonyl (C=O) groups is 3. The van der Waals surface area contributed by atoms with Crippen LogP contribution in [0.15, 0.2) is 30.3 Å². The molecular weight excluding hydrogens is 276 g/mol. The molecule has 1 aliphatic rings. The zero-order valence-corrected chi connectivity index (χ0v) is 11.0. The molecule has 0 spiro atoms. The van der Waals surface area contributed by atoms with Crippen molar-refractivity contribution in [3.05, 3.63) is 36.0 Å². The summed E-state index contributed by atoms with van der Waals surface area (Å²) in [6.45, 7) is -0.147. The predicted octanol–water partition coefficient (Wildman–Crippen LogP) is 1.30. The van der Waals surface area contributed by atoms with E-state index in [9.17, 15) is 14.4 Å². The van der Waals surface area contributed by atoms with Gasteiger partial charge in [0.2, 0.25) is 0 Å².